The lowest BCUT2D eigenvalue weighted by molar-refractivity contribution is -0.129. The average molecular weight is 376 g/mol. The van der Waals surface area contributed by atoms with Gasteiger partial charge >= 0.3 is 0 Å². The summed E-state index contributed by atoms with van der Waals surface area (Å²) in [6.07, 6.45) is 2.82. The van der Waals surface area contributed by atoms with Gasteiger partial charge in [-0.3, -0.25) is 9.59 Å². The molecule has 1 atom stereocenters. The maximum absolute atomic E-state index is 12.3. The van der Waals surface area contributed by atoms with Gasteiger partial charge in [0.2, 0.25) is 11.8 Å². The number of oxazole rings is 1. The minimum atomic E-state index is -0.221. The second-order valence-corrected chi connectivity index (χ2v) is 8.43. The van der Waals surface area contributed by atoms with Gasteiger partial charge in [0.05, 0.1) is 5.92 Å². The molecular weight excluding hydrogens is 354 g/mol. The lowest BCUT2D eigenvalue weighted by Gasteiger charge is -2.45. The predicted molar refractivity (Wildman–Crippen MR) is 97.7 cm³/mol. The molecule has 0 radical (unpaired) electrons. The van der Waals surface area contributed by atoms with Crippen LogP contribution in [0, 0.1) is 11.3 Å². The molecule has 4 rings (SSSR count). The summed E-state index contributed by atoms with van der Waals surface area (Å²) in [5.74, 6) is 0.518. The van der Waals surface area contributed by atoms with Crippen molar-refractivity contribution in [3.05, 3.63) is 29.1 Å². The largest absolute Gasteiger partial charge is 0.441 e. The summed E-state index contributed by atoms with van der Waals surface area (Å²) in [5.41, 5.74) is 1.58. The van der Waals surface area contributed by atoms with Gasteiger partial charge < -0.3 is 14.6 Å². The first-order valence-electron chi connectivity index (χ1n) is 8.91. The van der Waals surface area contributed by atoms with Gasteiger partial charge in [0.1, 0.15) is 5.52 Å². The molecular formula is C19H22ClN3O3. The van der Waals surface area contributed by atoms with Crippen LogP contribution in [0.4, 0.5) is 0 Å². The van der Waals surface area contributed by atoms with Crippen LogP contribution in [0.1, 0.15) is 32.1 Å². The van der Waals surface area contributed by atoms with Gasteiger partial charge in [-0.15, -0.1) is 0 Å². The molecule has 1 aliphatic carbocycles. The van der Waals surface area contributed by atoms with E-state index in [0.717, 1.165) is 30.4 Å². The van der Waals surface area contributed by atoms with Crippen LogP contribution in [-0.4, -0.2) is 41.3 Å². The van der Waals surface area contributed by atoms with Crippen LogP contribution in [0.2, 0.25) is 5.02 Å². The normalized spacial score (nSPS) is 28.4. The number of hydrogen-bond donors (Lipinski definition) is 1. The van der Waals surface area contributed by atoms with Crippen molar-refractivity contribution in [1.82, 2.24) is 15.2 Å². The third-order valence-electron chi connectivity index (χ3n) is 5.51. The molecule has 1 saturated heterocycles. The molecule has 1 aromatic carbocycles. The molecule has 6 nitrogen and oxygen atoms in total. The Morgan fingerprint density at radius 3 is 2.92 bits per heavy atom. The van der Waals surface area contributed by atoms with Crippen molar-refractivity contribution in [2.45, 2.75) is 38.6 Å². The zero-order valence-electron chi connectivity index (χ0n) is 14.9. The van der Waals surface area contributed by atoms with Crippen molar-refractivity contribution in [3.63, 3.8) is 0 Å². The number of nitrogens with zero attached hydrogens (tertiary/aromatic N) is 2. The molecule has 2 amide bonds. The van der Waals surface area contributed by atoms with E-state index in [1.54, 1.807) is 24.1 Å². The SMILES string of the molecule is CN1C[C@@H](C(=O)N[C@H]2C[C@@](C)(Cc3nc4cc(Cl)ccc4o3)C2)CC1=O. The Labute approximate surface area is 156 Å². The standard InChI is InChI=1S/C19H22ClN3O3/c1-19(9-16-22-14-6-12(20)3-4-15(14)26-16)7-13(8-19)21-18(25)11-5-17(24)23(2)10-11/h3-4,6,11,13H,5,7-10H2,1-2H3,(H,21,25)/t11-,13-,19+/m0/s1. The summed E-state index contributed by atoms with van der Waals surface area (Å²) in [5, 5.41) is 3.73. The van der Waals surface area contributed by atoms with E-state index in [1.807, 2.05) is 6.07 Å². The Kier molecular flexibility index (Phi) is 4.18. The van der Waals surface area contributed by atoms with E-state index in [-0.39, 0.29) is 29.2 Å². The Morgan fingerprint density at radius 1 is 1.46 bits per heavy atom. The first kappa shape index (κ1) is 17.3. The van der Waals surface area contributed by atoms with Crippen molar-refractivity contribution < 1.29 is 14.0 Å². The molecule has 1 N–H and O–H groups in total. The lowest BCUT2D eigenvalue weighted by atomic mass is 9.65. The van der Waals surface area contributed by atoms with Gasteiger partial charge in [-0.05, 0) is 36.5 Å². The highest BCUT2D eigenvalue weighted by molar-refractivity contribution is 6.31. The quantitative estimate of drug-likeness (QED) is 0.891. The van der Waals surface area contributed by atoms with Crippen molar-refractivity contribution in [3.8, 4) is 0 Å². The van der Waals surface area contributed by atoms with Crippen LogP contribution in [0.3, 0.4) is 0 Å². The molecule has 2 heterocycles. The average Bonchev–Trinajstić information content (AvgIpc) is 3.08. The maximum atomic E-state index is 12.3. The molecule has 2 fully saturated rings. The van der Waals surface area contributed by atoms with Gasteiger partial charge in [-0.25, -0.2) is 4.98 Å². The van der Waals surface area contributed by atoms with Gasteiger partial charge in [0, 0.05) is 37.5 Å². The van der Waals surface area contributed by atoms with Crippen LogP contribution >= 0.6 is 11.6 Å². The summed E-state index contributed by atoms with van der Waals surface area (Å²) in [6.45, 7) is 2.70. The first-order chi connectivity index (χ1) is 12.3. The van der Waals surface area contributed by atoms with Crippen molar-refractivity contribution in [1.29, 1.82) is 0 Å². The van der Waals surface area contributed by atoms with Crippen LogP contribution in [-0.2, 0) is 16.0 Å². The van der Waals surface area contributed by atoms with E-state index in [0.29, 0.717) is 23.9 Å². The summed E-state index contributed by atoms with van der Waals surface area (Å²) < 4.78 is 5.82. The highest BCUT2D eigenvalue weighted by Crippen LogP contribution is 2.43. The first-order valence-corrected chi connectivity index (χ1v) is 9.28. The fourth-order valence-corrected chi connectivity index (χ4v) is 4.29. The topological polar surface area (TPSA) is 75.4 Å². The summed E-state index contributed by atoms with van der Waals surface area (Å²) >= 11 is 5.99. The van der Waals surface area contributed by atoms with Gasteiger partial charge in [0.15, 0.2) is 11.5 Å². The number of aromatic nitrogens is 1. The number of benzene rings is 1. The van der Waals surface area contributed by atoms with E-state index in [9.17, 15) is 9.59 Å². The monoisotopic (exact) mass is 375 g/mol. The lowest BCUT2D eigenvalue weighted by Crippen LogP contribution is -2.52. The van der Waals surface area contributed by atoms with Crippen LogP contribution < -0.4 is 5.32 Å². The number of nitrogens with one attached hydrogen (secondary N) is 1. The predicted octanol–water partition coefficient (Wildman–Crippen LogP) is 2.79. The summed E-state index contributed by atoms with van der Waals surface area (Å²) in [6, 6.07) is 5.59. The highest BCUT2D eigenvalue weighted by atomic mass is 35.5. The molecule has 0 bridgehead atoms. The van der Waals surface area contributed by atoms with Gasteiger partial charge in [-0.1, -0.05) is 18.5 Å². The van der Waals surface area contributed by atoms with Crippen molar-refractivity contribution in [2.75, 3.05) is 13.6 Å². The third-order valence-corrected chi connectivity index (χ3v) is 5.74. The van der Waals surface area contributed by atoms with E-state index in [2.05, 4.69) is 17.2 Å². The zero-order chi connectivity index (χ0) is 18.5. The van der Waals surface area contributed by atoms with Crippen molar-refractivity contribution in [2.24, 2.45) is 11.3 Å². The smallest absolute Gasteiger partial charge is 0.225 e. The second-order valence-electron chi connectivity index (χ2n) is 8.00. The molecule has 7 heteroatoms. The molecule has 138 valence electrons. The third kappa shape index (κ3) is 3.30. The Balaban J connectivity index is 1.32. The minimum Gasteiger partial charge on any atom is -0.441 e. The Bertz CT molecular complexity index is 872. The Morgan fingerprint density at radius 2 is 2.23 bits per heavy atom. The van der Waals surface area contributed by atoms with Crippen LogP contribution in [0.25, 0.3) is 11.1 Å². The molecule has 1 saturated carbocycles. The molecule has 2 aromatic rings. The van der Waals surface area contributed by atoms with E-state index in [1.165, 1.54) is 0 Å². The zero-order valence-corrected chi connectivity index (χ0v) is 15.7. The minimum absolute atomic E-state index is 0.00810. The number of carbonyl (C=O) groups is 2. The maximum Gasteiger partial charge on any atom is 0.225 e. The van der Waals surface area contributed by atoms with Gasteiger partial charge in [0.25, 0.3) is 0 Å². The number of carbonyl (C=O) groups excluding carboxylic acids is 2. The van der Waals surface area contributed by atoms with Crippen molar-refractivity contribution >= 4 is 34.5 Å². The fourth-order valence-electron chi connectivity index (χ4n) is 4.12. The number of rotatable bonds is 4. The summed E-state index contributed by atoms with van der Waals surface area (Å²) in [4.78, 5) is 30.0. The van der Waals surface area contributed by atoms with Gasteiger partial charge in [-0.2, -0.15) is 0 Å². The molecule has 2 aliphatic rings. The van der Waals surface area contributed by atoms with E-state index < -0.39 is 0 Å². The molecule has 1 aromatic heterocycles. The van der Waals surface area contributed by atoms with Crippen LogP contribution in [0.5, 0.6) is 0 Å². The molecule has 26 heavy (non-hydrogen) atoms. The number of halogens is 1. The van der Waals surface area contributed by atoms with E-state index in [4.69, 9.17) is 16.0 Å². The molecule has 0 spiro atoms. The number of likely N-dealkylation sites (tertiary alicyclic amines) is 1. The highest BCUT2D eigenvalue weighted by Gasteiger charge is 2.43. The van der Waals surface area contributed by atoms with Crippen LogP contribution in [0.15, 0.2) is 22.6 Å². The Hall–Kier alpha value is -2.08. The second kappa shape index (κ2) is 6.27. The number of hydrogen-bond acceptors (Lipinski definition) is 4. The summed E-state index contributed by atoms with van der Waals surface area (Å²) in [7, 11) is 1.74. The van der Waals surface area contributed by atoms with E-state index >= 15 is 0 Å². The fraction of sp³-hybridized carbons (Fsp3) is 0.526. The number of fused-ring (bicyclic) bond motifs is 1. The number of amides is 2. The molecule has 0 unspecified atom stereocenters. The molecule has 1 aliphatic heterocycles.